The molecule has 0 saturated heterocycles. The molecule has 6 heteroatoms. The molecule has 0 saturated carbocycles. The van der Waals surface area contributed by atoms with Crippen molar-refractivity contribution in [1.29, 1.82) is 0 Å². The first kappa shape index (κ1) is 13.2. The molecule has 1 aromatic rings. The second-order valence-electron chi connectivity index (χ2n) is 3.94. The lowest BCUT2D eigenvalue weighted by atomic mass is 10.2. The van der Waals surface area contributed by atoms with Crippen LogP contribution in [0.25, 0.3) is 0 Å². The Hall–Kier alpha value is -1.85. The highest BCUT2D eigenvalue weighted by molar-refractivity contribution is 5.93. The van der Waals surface area contributed by atoms with Crippen LogP contribution < -0.4 is 5.32 Å². The van der Waals surface area contributed by atoms with Crippen molar-refractivity contribution in [2.45, 2.75) is 26.8 Å². The van der Waals surface area contributed by atoms with E-state index in [9.17, 15) is 9.59 Å². The maximum atomic E-state index is 11.6. The Labute approximate surface area is 99.6 Å². The third kappa shape index (κ3) is 3.90. The molecular formula is C11H17N3O3. The highest BCUT2D eigenvalue weighted by Crippen LogP contribution is 2.00. The molecule has 0 aromatic carbocycles. The molecule has 17 heavy (non-hydrogen) atoms. The molecule has 0 bridgehead atoms. The fraction of sp³-hybridized carbons (Fsp3) is 0.545. The lowest BCUT2D eigenvalue weighted by Gasteiger charge is -2.06. The van der Waals surface area contributed by atoms with Crippen LogP contribution in [0.15, 0.2) is 12.4 Å². The topological polar surface area (TPSA) is 84.2 Å². The Balaban J connectivity index is 2.49. The summed E-state index contributed by atoms with van der Waals surface area (Å²) in [5.41, 5.74) is 0.455. The fourth-order valence-corrected chi connectivity index (χ4v) is 1.27. The van der Waals surface area contributed by atoms with E-state index < -0.39 is 11.9 Å². The maximum absolute atomic E-state index is 11.6. The summed E-state index contributed by atoms with van der Waals surface area (Å²) < 4.78 is 1.69. The van der Waals surface area contributed by atoms with Gasteiger partial charge in [0.15, 0.2) is 0 Å². The molecule has 0 spiro atoms. The molecule has 1 atom stereocenters. The number of nitrogens with one attached hydrogen (secondary N) is 1. The van der Waals surface area contributed by atoms with Crippen LogP contribution >= 0.6 is 0 Å². The van der Waals surface area contributed by atoms with Gasteiger partial charge in [0, 0.05) is 19.3 Å². The minimum Gasteiger partial charge on any atom is -0.481 e. The highest BCUT2D eigenvalue weighted by Gasteiger charge is 2.14. The molecule has 0 aliphatic heterocycles. The summed E-state index contributed by atoms with van der Waals surface area (Å²) in [5.74, 6) is -1.81. The van der Waals surface area contributed by atoms with Crippen molar-refractivity contribution >= 4 is 11.9 Å². The van der Waals surface area contributed by atoms with Crippen LogP contribution in [0.5, 0.6) is 0 Å². The normalized spacial score (nSPS) is 12.1. The van der Waals surface area contributed by atoms with E-state index in [1.165, 1.54) is 6.20 Å². The Morgan fingerprint density at radius 2 is 2.29 bits per heavy atom. The van der Waals surface area contributed by atoms with Crippen LogP contribution in [-0.2, 0) is 11.3 Å². The van der Waals surface area contributed by atoms with Gasteiger partial charge < -0.3 is 10.4 Å². The number of carbonyl (C=O) groups excluding carboxylic acids is 1. The maximum Gasteiger partial charge on any atom is 0.308 e. The molecule has 1 unspecified atom stereocenters. The van der Waals surface area contributed by atoms with Gasteiger partial charge in [0.05, 0.1) is 17.7 Å². The van der Waals surface area contributed by atoms with Crippen LogP contribution in [0.4, 0.5) is 0 Å². The Morgan fingerprint density at radius 1 is 1.59 bits per heavy atom. The summed E-state index contributed by atoms with van der Waals surface area (Å²) >= 11 is 0. The smallest absolute Gasteiger partial charge is 0.308 e. The molecule has 0 fully saturated rings. The van der Waals surface area contributed by atoms with E-state index in [0.717, 1.165) is 13.0 Å². The molecule has 1 aromatic heterocycles. The summed E-state index contributed by atoms with van der Waals surface area (Å²) in [4.78, 5) is 22.2. The molecular weight excluding hydrogens is 222 g/mol. The van der Waals surface area contributed by atoms with Crippen molar-refractivity contribution in [2.75, 3.05) is 6.54 Å². The van der Waals surface area contributed by atoms with Crippen LogP contribution in [-0.4, -0.2) is 33.3 Å². The number of aliphatic carboxylic acids is 1. The predicted octanol–water partition coefficient (Wildman–Crippen LogP) is 0.744. The van der Waals surface area contributed by atoms with Gasteiger partial charge in [0.2, 0.25) is 0 Å². The number of carboxylic acids is 1. The van der Waals surface area contributed by atoms with E-state index in [1.807, 2.05) is 6.92 Å². The van der Waals surface area contributed by atoms with E-state index in [4.69, 9.17) is 5.11 Å². The first-order chi connectivity index (χ1) is 8.04. The van der Waals surface area contributed by atoms with Crippen molar-refractivity contribution < 1.29 is 14.7 Å². The van der Waals surface area contributed by atoms with E-state index in [0.29, 0.717) is 5.56 Å². The minimum atomic E-state index is -0.924. The van der Waals surface area contributed by atoms with E-state index in [2.05, 4.69) is 10.4 Å². The van der Waals surface area contributed by atoms with Gasteiger partial charge in [-0.2, -0.15) is 5.10 Å². The average molecular weight is 239 g/mol. The van der Waals surface area contributed by atoms with Crippen LogP contribution in [0, 0.1) is 5.92 Å². The molecule has 6 nitrogen and oxygen atoms in total. The fourth-order valence-electron chi connectivity index (χ4n) is 1.27. The highest BCUT2D eigenvalue weighted by atomic mass is 16.4. The molecule has 0 aliphatic rings. The second-order valence-corrected chi connectivity index (χ2v) is 3.94. The van der Waals surface area contributed by atoms with Crippen molar-refractivity contribution in [3.63, 3.8) is 0 Å². The first-order valence-corrected chi connectivity index (χ1v) is 5.58. The van der Waals surface area contributed by atoms with Crippen LogP contribution in [0.2, 0.25) is 0 Å². The number of aryl methyl sites for hydroxylation is 1. The zero-order valence-electron chi connectivity index (χ0n) is 10.0. The van der Waals surface area contributed by atoms with Gasteiger partial charge in [0.25, 0.3) is 5.91 Å². The number of carbonyl (C=O) groups is 2. The van der Waals surface area contributed by atoms with Gasteiger partial charge in [-0.25, -0.2) is 0 Å². The summed E-state index contributed by atoms with van der Waals surface area (Å²) in [6.07, 6.45) is 4.08. The number of rotatable bonds is 6. The summed E-state index contributed by atoms with van der Waals surface area (Å²) in [6.45, 7) is 4.45. The van der Waals surface area contributed by atoms with Crippen LogP contribution in [0.3, 0.4) is 0 Å². The third-order valence-electron chi connectivity index (χ3n) is 2.34. The number of amides is 1. The SMILES string of the molecule is CCCn1cc(C(=O)NCC(C)C(=O)O)cn1. The lowest BCUT2D eigenvalue weighted by Crippen LogP contribution is -2.31. The predicted molar refractivity (Wildman–Crippen MR) is 61.7 cm³/mol. The molecule has 1 amide bonds. The summed E-state index contributed by atoms with van der Waals surface area (Å²) in [6, 6.07) is 0. The van der Waals surface area contributed by atoms with Crippen molar-refractivity contribution in [1.82, 2.24) is 15.1 Å². The Morgan fingerprint density at radius 3 is 2.88 bits per heavy atom. The average Bonchev–Trinajstić information content (AvgIpc) is 2.74. The van der Waals surface area contributed by atoms with Gasteiger partial charge in [-0.05, 0) is 6.42 Å². The van der Waals surface area contributed by atoms with Crippen molar-refractivity contribution in [3.8, 4) is 0 Å². The van der Waals surface area contributed by atoms with E-state index in [-0.39, 0.29) is 12.5 Å². The van der Waals surface area contributed by atoms with Gasteiger partial charge >= 0.3 is 5.97 Å². The van der Waals surface area contributed by atoms with Crippen LogP contribution in [0.1, 0.15) is 30.6 Å². The lowest BCUT2D eigenvalue weighted by molar-refractivity contribution is -0.140. The molecule has 1 rings (SSSR count). The number of aromatic nitrogens is 2. The van der Waals surface area contributed by atoms with Gasteiger partial charge in [0.1, 0.15) is 0 Å². The Kier molecular flexibility index (Phi) is 4.68. The largest absolute Gasteiger partial charge is 0.481 e. The quantitative estimate of drug-likeness (QED) is 0.767. The van der Waals surface area contributed by atoms with Gasteiger partial charge in [-0.1, -0.05) is 13.8 Å². The molecule has 2 N–H and O–H groups in total. The molecule has 94 valence electrons. The number of hydrogen-bond acceptors (Lipinski definition) is 3. The first-order valence-electron chi connectivity index (χ1n) is 5.58. The van der Waals surface area contributed by atoms with Crippen molar-refractivity contribution in [2.24, 2.45) is 5.92 Å². The molecule has 0 aliphatic carbocycles. The minimum absolute atomic E-state index is 0.118. The molecule has 0 radical (unpaired) electrons. The summed E-state index contributed by atoms with van der Waals surface area (Å²) in [7, 11) is 0. The Bertz CT molecular complexity index is 400. The second kappa shape index (κ2) is 6.03. The number of carboxylic acid groups (broad SMARTS) is 1. The third-order valence-corrected chi connectivity index (χ3v) is 2.34. The van der Waals surface area contributed by atoms with E-state index >= 15 is 0 Å². The zero-order chi connectivity index (χ0) is 12.8. The van der Waals surface area contributed by atoms with Gasteiger partial charge in [-0.15, -0.1) is 0 Å². The number of hydrogen-bond donors (Lipinski definition) is 2. The summed E-state index contributed by atoms with van der Waals surface area (Å²) in [5, 5.41) is 15.3. The zero-order valence-corrected chi connectivity index (χ0v) is 10.0. The van der Waals surface area contributed by atoms with Gasteiger partial charge in [-0.3, -0.25) is 14.3 Å². The van der Waals surface area contributed by atoms with Crippen molar-refractivity contribution in [3.05, 3.63) is 18.0 Å². The number of nitrogens with zero attached hydrogens (tertiary/aromatic N) is 2. The standard InChI is InChI=1S/C11H17N3O3/c1-3-4-14-7-9(6-13-14)10(15)12-5-8(2)11(16)17/h6-8H,3-5H2,1-2H3,(H,12,15)(H,16,17). The van der Waals surface area contributed by atoms with E-state index in [1.54, 1.807) is 17.8 Å². The molecule has 1 heterocycles. The monoisotopic (exact) mass is 239 g/mol.